The summed E-state index contributed by atoms with van der Waals surface area (Å²) in [5.41, 5.74) is 6.06. The van der Waals surface area contributed by atoms with Gasteiger partial charge < -0.3 is 9.80 Å². The van der Waals surface area contributed by atoms with E-state index >= 15 is 0 Å². The zero-order chi connectivity index (χ0) is 22.8. The lowest BCUT2D eigenvalue weighted by atomic mass is 9.99. The number of likely N-dealkylation sites (N-methyl/N-ethyl adjacent to an activating group) is 1. The maximum atomic E-state index is 13.7. The number of carbonyl (C=O) groups excluding carboxylic acids is 2. The Balaban J connectivity index is 1.73. The molecule has 0 N–H and O–H groups in total. The van der Waals surface area contributed by atoms with Crippen LogP contribution in [-0.4, -0.2) is 54.8 Å². The molecule has 1 fully saturated rings. The van der Waals surface area contributed by atoms with Crippen LogP contribution in [0.15, 0.2) is 48.2 Å². The van der Waals surface area contributed by atoms with Crippen molar-refractivity contribution in [3.63, 3.8) is 0 Å². The number of unbranched alkanes of at least 4 members (excludes halogenated alkanes) is 1. The van der Waals surface area contributed by atoms with Crippen molar-refractivity contribution in [3.8, 4) is 0 Å². The third kappa shape index (κ3) is 4.22. The van der Waals surface area contributed by atoms with Gasteiger partial charge >= 0.3 is 0 Å². The molecule has 168 valence electrons. The fourth-order valence-corrected chi connectivity index (χ4v) is 4.43. The highest BCUT2D eigenvalue weighted by Crippen LogP contribution is 2.35. The molecular weight excluding hydrogens is 398 g/mol. The van der Waals surface area contributed by atoms with Gasteiger partial charge in [0, 0.05) is 26.2 Å². The summed E-state index contributed by atoms with van der Waals surface area (Å²) in [5, 5.41) is 0. The van der Waals surface area contributed by atoms with Gasteiger partial charge in [-0.3, -0.25) is 9.59 Å². The molecular formula is C27H33N3O2. The second-order valence-corrected chi connectivity index (χ2v) is 9.03. The molecule has 0 aliphatic carbocycles. The van der Waals surface area contributed by atoms with Gasteiger partial charge in [-0.1, -0.05) is 43.7 Å². The molecule has 2 aromatic carbocycles. The maximum Gasteiger partial charge on any atom is 0.282 e. The van der Waals surface area contributed by atoms with Crippen LogP contribution in [0.5, 0.6) is 0 Å². The van der Waals surface area contributed by atoms with E-state index in [-0.39, 0.29) is 11.8 Å². The number of amides is 2. The zero-order valence-electron chi connectivity index (χ0n) is 19.6. The monoisotopic (exact) mass is 431 g/mol. The van der Waals surface area contributed by atoms with E-state index in [1.54, 1.807) is 0 Å². The molecule has 0 bridgehead atoms. The minimum atomic E-state index is -0.228. The molecule has 0 atom stereocenters. The predicted octanol–water partition coefficient (Wildman–Crippen LogP) is 4.18. The summed E-state index contributed by atoms with van der Waals surface area (Å²) in [6, 6.07) is 13.9. The molecule has 5 nitrogen and oxygen atoms in total. The third-order valence-corrected chi connectivity index (χ3v) is 6.69. The largest absolute Gasteiger partial charge is 0.364 e. The van der Waals surface area contributed by atoms with Gasteiger partial charge in [0.05, 0.1) is 11.3 Å². The number of benzene rings is 2. The van der Waals surface area contributed by atoms with Crippen LogP contribution in [0.4, 0.5) is 5.69 Å². The highest BCUT2D eigenvalue weighted by Gasteiger charge is 2.42. The number of imide groups is 1. The third-order valence-electron chi connectivity index (χ3n) is 6.69. The minimum Gasteiger partial charge on any atom is -0.364 e. The normalized spacial score (nSPS) is 17.6. The summed E-state index contributed by atoms with van der Waals surface area (Å²) >= 11 is 0. The number of anilines is 1. The van der Waals surface area contributed by atoms with Crippen molar-refractivity contribution in [1.29, 1.82) is 0 Å². The van der Waals surface area contributed by atoms with Crippen molar-refractivity contribution in [2.45, 2.75) is 40.0 Å². The average Bonchev–Trinajstić information content (AvgIpc) is 3.05. The Morgan fingerprint density at radius 3 is 2.16 bits per heavy atom. The molecule has 2 aromatic rings. The second-order valence-electron chi connectivity index (χ2n) is 9.03. The lowest BCUT2D eigenvalue weighted by molar-refractivity contribution is -0.120. The summed E-state index contributed by atoms with van der Waals surface area (Å²) in [6.45, 7) is 9.50. The van der Waals surface area contributed by atoms with Gasteiger partial charge in [-0.05, 0) is 68.1 Å². The van der Waals surface area contributed by atoms with Gasteiger partial charge in [-0.2, -0.15) is 0 Å². The molecule has 1 saturated heterocycles. The lowest BCUT2D eigenvalue weighted by Gasteiger charge is -2.34. The molecule has 2 heterocycles. The topological polar surface area (TPSA) is 43.9 Å². The summed E-state index contributed by atoms with van der Waals surface area (Å²) in [7, 11) is 2.09. The summed E-state index contributed by atoms with van der Waals surface area (Å²) < 4.78 is 0. The summed E-state index contributed by atoms with van der Waals surface area (Å²) in [4.78, 5) is 33.1. The van der Waals surface area contributed by atoms with Crippen LogP contribution in [-0.2, 0) is 16.0 Å². The van der Waals surface area contributed by atoms with E-state index in [0.717, 1.165) is 56.6 Å². The van der Waals surface area contributed by atoms with Crippen molar-refractivity contribution in [2.24, 2.45) is 0 Å². The molecule has 0 aromatic heterocycles. The maximum absolute atomic E-state index is 13.7. The van der Waals surface area contributed by atoms with Gasteiger partial charge in [0.25, 0.3) is 11.8 Å². The van der Waals surface area contributed by atoms with E-state index < -0.39 is 0 Å². The predicted molar refractivity (Wildman–Crippen MR) is 129 cm³/mol. The van der Waals surface area contributed by atoms with Gasteiger partial charge in [0.2, 0.25) is 0 Å². The van der Waals surface area contributed by atoms with Crippen LogP contribution >= 0.6 is 0 Å². The van der Waals surface area contributed by atoms with Crippen molar-refractivity contribution in [1.82, 2.24) is 9.80 Å². The smallest absolute Gasteiger partial charge is 0.282 e. The van der Waals surface area contributed by atoms with Crippen LogP contribution in [0.25, 0.3) is 5.57 Å². The van der Waals surface area contributed by atoms with Crippen molar-refractivity contribution in [3.05, 3.63) is 70.4 Å². The first-order chi connectivity index (χ1) is 15.4. The van der Waals surface area contributed by atoms with E-state index in [9.17, 15) is 9.59 Å². The molecule has 0 radical (unpaired) electrons. The molecule has 4 rings (SSSR count). The molecule has 32 heavy (non-hydrogen) atoms. The summed E-state index contributed by atoms with van der Waals surface area (Å²) in [5.74, 6) is -0.442. The van der Waals surface area contributed by atoms with Crippen LogP contribution in [0, 0.1) is 13.8 Å². The number of hydrogen-bond acceptors (Lipinski definition) is 4. The second kappa shape index (κ2) is 9.29. The fourth-order valence-electron chi connectivity index (χ4n) is 4.43. The van der Waals surface area contributed by atoms with Crippen molar-refractivity contribution in [2.75, 3.05) is 38.1 Å². The van der Waals surface area contributed by atoms with Crippen LogP contribution in [0.1, 0.15) is 42.0 Å². The standard InChI is InChI=1S/C27H33N3O2/c1-5-6-7-21-9-12-23(13-10-21)30-26(31)24(22-11-8-19(2)20(3)18-22)25(27(30)32)29-16-14-28(4)15-17-29/h8-13,18H,5-7,14-17H2,1-4H3. The molecule has 5 heteroatoms. The van der Waals surface area contributed by atoms with E-state index in [1.807, 2.05) is 49.4 Å². The number of rotatable bonds is 6. The van der Waals surface area contributed by atoms with Gasteiger partial charge in [-0.15, -0.1) is 0 Å². The average molecular weight is 432 g/mol. The van der Waals surface area contributed by atoms with E-state index in [1.165, 1.54) is 16.0 Å². The number of aryl methyl sites for hydroxylation is 3. The lowest BCUT2D eigenvalue weighted by Crippen LogP contribution is -2.46. The molecule has 0 unspecified atom stereocenters. The molecule has 2 aliphatic heterocycles. The van der Waals surface area contributed by atoms with E-state index in [4.69, 9.17) is 0 Å². The summed E-state index contributed by atoms with van der Waals surface area (Å²) in [6.07, 6.45) is 3.28. The zero-order valence-corrected chi connectivity index (χ0v) is 19.6. The van der Waals surface area contributed by atoms with Crippen LogP contribution in [0.2, 0.25) is 0 Å². The van der Waals surface area contributed by atoms with Gasteiger partial charge in [0.15, 0.2) is 0 Å². The minimum absolute atomic E-state index is 0.214. The Hall–Kier alpha value is -2.92. The number of piperazine rings is 1. The molecule has 0 saturated carbocycles. The first-order valence-electron chi connectivity index (χ1n) is 11.6. The van der Waals surface area contributed by atoms with Crippen LogP contribution < -0.4 is 4.90 Å². The van der Waals surface area contributed by atoms with Gasteiger partial charge in [0.1, 0.15) is 5.70 Å². The van der Waals surface area contributed by atoms with Crippen molar-refractivity contribution >= 4 is 23.1 Å². The van der Waals surface area contributed by atoms with Gasteiger partial charge in [-0.25, -0.2) is 4.90 Å². The Bertz CT molecular complexity index is 1050. The fraction of sp³-hybridized carbons (Fsp3) is 0.407. The number of nitrogens with zero attached hydrogens (tertiary/aromatic N) is 3. The highest BCUT2D eigenvalue weighted by molar-refractivity contribution is 6.45. The number of carbonyl (C=O) groups is 2. The Morgan fingerprint density at radius 1 is 0.844 bits per heavy atom. The highest BCUT2D eigenvalue weighted by atomic mass is 16.2. The Labute approximate surface area is 191 Å². The quantitative estimate of drug-likeness (QED) is 0.644. The molecule has 2 amide bonds. The molecule has 2 aliphatic rings. The van der Waals surface area contributed by atoms with Crippen molar-refractivity contribution < 1.29 is 9.59 Å². The SMILES string of the molecule is CCCCc1ccc(N2C(=O)C(c3ccc(C)c(C)c3)=C(N3CCN(C)CC3)C2=O)cc1. The number of hydrogen-bond donors (Lipinski definition) is 0. The van der Waals surface area contributed by atoms with Crippen LogP contribution in [0.3, 0.4) is 0 Å². The molecule has 0 spiro atoms. The first kappa shape index (κ1) is 22.3. The Kier molecular flexibility index (Phi) is 6.47. The van der Waals surface area contributed by atoms with E-state index in [0.29, 0.717) is 17.0 Å². The van der Waals surface area contributed by atoms with E-state index in [2.05, 4.69) is 30.7 Å². The first-order valence-corrected chi connectivity index (χ1v) is 11.6. The Morgan fingerprint density at radius 2 is 1.53 bits per heavy atom.